The molecule has 1 aliphatic carbocycles. The fourth-order valence-electron chi connectivity index (χ4n) is 1.60. The van der Waals surface area contributed by atoms with Crippen LogP contribution in [0, 0.1) is 5.41 Å². The summed E-state index contributed by atoms with van der Waals surface area (Å²) in [6.07, 6.45) is 1.14. The Morgan fingerprint density at radius 1 is 1.67 bits per heavy atom. The maximum absolute atomic E-state index is 13.1. The normalized spacial score (nSPS) is 22.6. The van der Waals surface area contributed by atoms with Gasteiger partial charge in [-0.1, -0.05) is 6.42 Å². The molecular weight excluding hydrogens is 159 g/mol. The van der Waals surface area contributed by atoms with Crippen molar-refractivity contribution in [1.29, 1.82) is 0 Å². The smallest absolute Gasteiger partial charge is 0.315 e. The maximum atomic E-state index is 13.1. The first-order valence-electron chi connectivity index (χ1n) is 4.45. The van der Waals surface area contributed by atoms with Crippen LogP contribution in [0.5, 0.6) is 0 Å². The van der Waals surface area contributed by atoms with E-state index in [1.54, 1.807) is 6.92 Å². The second-order valence-electron chi connectivity index (χ2n) is 3.35. The largest absolute Gasteiger partial charge is 0.465 e. The minimum Gasteiger partial charge on any atom is -0.465 e. The first kappa shape index (κ1) is 9.49. The molecule has 70 valence electrons. The van der Waals surface area contributed by atoms with E-state index in [4.69, 9.17) is 4.74 Å². The molecule has 0 aromatic heterocycles. The highest BCUT2D eigenvalue weighted by atomic mass is 19.1. The zero-order valence-corrected chi connectivity index (χ0v) is 7.60. The summed E-state index contributed by atoms with van der Waals surface area (Å²) in [6.45, 7) is 3.52. The molecule has 0 aromatic carbocycles. The highest BCUT2D eigenvalue weighted by molar-refractivity contribution is 5.78. The van der Waals surface area contributed by atoms with Crippen LogP contribution in [0.1, 0.15) is 33.1 Å². The molecule has 12 heavy (non-hydrogen) atoms. The van der Waals surface area contributed by atoms with Gasteiger partial charge >= 0.3 is 5.97 Å². The van der Waals surface area contributed by atoms with Crippen LogP contribution in [-0.2, 0) is 9.53 Å². The zero-order chi connectivity index (χ0) is 9.19. The molecule has 0 radical (unpaired) electrons. The lowest BCUT2D eigenvalue weighted by atomic mass is 9.66. The molecule has 0 saturated heterocycles. The monoisotopic (exact) mass is 174 g/mol. The number of rotatable bonds is 3. The topological polar surface area (TPSA) is 26.3 Å². The summed E-state index contributed by atoms with van der Waals surface area (Å²) in [5, 5.41) is 0. The third-order valence-electron chi connectivity index (χ3n) is 2.69. The number of ether oxygens (including phenoxy) is 1. The van der Waals surface area contributed by atoms with E-state index in [1.165, 1.54) is 6.92 Å². The van der Waals surface area contributed by atoms with Gasteiger partial charge in [0, 0.05) is 0 Å². The Balaban J connectivity index is 2.60. The molecule has 1 atom stereocenters. The molecule has 0 spiro atoms. The summed E-state index contributed by atoms with van der Waals surface area (Å²) in [5.74, 6) is -0.355. The van der Waals surface area contributed by atoms with E-state index in [-0.39, 0.29) is 5.97 Å². The highest BCUT2D eigenvalue weighted by Gasteiger charge is 2.50. The first-order chi connectivity index (χ1) is 5.63. The lowest BCUT2D eigenvalue weighted by Gasteiger charge is -2.40. The van der Waals surface area contributed by atoms with E-state index >= 15 is 0 Å². The summed E-state index contributed by atoms with van der Waals surface area (Å²) < 4.78 is 17.9. The Morgan fingerprint density at radius 3 is 2.50 bits per heavy atom. The minimum absolute atomic E-state index is 0.341. The van der Waals surface area contributed by atoms with Gasteiger partial charge in [-0.15, -0.1) is 0 Å². The first-order valence-corrected chi connectivity index (χ1v) is 4.45. The van der Waals surface area contributed by atoms with Gasteiger partial charge in [-0.25, -0.2) is 4.39 Å². The molecular formula is C9H15FO2. The zero-order valence-electron chi connectivity index (χ0n) is 7.60. The van der Waals surface area contributed by atoms with Gasteiger partial charge in [-0.3, -0.25) is 4.79 Å². The van der Waals surface area contributed by atoms with Gasteiger partial charge in [-0.05, 0) is 26.7 Å². The second kappa shape index (κ2) is 3.42. The van der Waals surface area contributed by atoms with Gasteiger partial charge in [0.25, 0.3) is 0 Å². The Hall–Kier alpha value is -0.600. The molecule has 0 N–H and O–H groups in total. The van der Waals surface area contributed by atoms with E-state index < -0.39 is 11.6 Å². The molecule has 1 aliphatic rings. The number of halogens is 1. The van der Waals surface area contributed by atoms with Crippen molar-refractivity contribution in [3.05, 3.63) is 0 Å². The van der Waals surface area contributed by atoms with Crippen LogP contribution < -0.4 is 0 Å². The van der Waals surface area contributed by atoms with Gasteiger partial charge in [0.15, 0.2) is 0 Å². The maximum Gasteiger partial charge on any atom is 0.315 e. The van der Waals surface area contributed by atoms with Gasteiger partial charge < -0.3 is 4.74 Å². The van der Waals surface area contributed by atoms with E-state index in [2.05, 4.69) is 0 Å². The third kappa shape index (κ3) is 1.32. The number of carbonyl (C=O) groups excluding carboxylic acids is 1. The van der Waals surface area contributed by atoms with E-state index in [1.807, 2.05) is 0 Å². The summed E-state index contributed by atoms with van der Waals surface area (Å²) in [6, 6.07) is 0. The molecule has 3 heteroatoms. The molecule has 0 aromatic rings. The van der Waals surface area contributed by atoms with E-state index in [0.717, 1.165) is 6.42 Å². The molecule has 1 rings (SSSR count). The number of hydrogen-bond donors (Lipinski definition) is 0. The molecule has 2 nitrogen and oxygen atoms in total. The Bertz CT molecular complexity index is 173. The van der Waals surface area contributed by atoms with Crippen LogP contribution in [-0.4, -0.2) is 18.7 Å². The number of carbonyl (C=O) groups is 1. The predicted octanol–water partition coefficient (Wildman–Crippen LogP) is 2.08. The van der Waals surface area contributed by atoms with Crippen molar-refractivity contribution in [1.82, 2.24) is 0 Å². The van der Waals surface area contributed by atoms with Crippen LogP contribution in [0.3, 0.4) is 0 Å². The second-order valence-corrected chi connectivity index (χ2v) is 3.35. The van der Waals surface area contributed by atoms with Crippen LogP contribution in [0.4, 0.5) is 4.39 Å². The van der Waals surface area contributed by atoms with Gasteiger partial charge in [0.05, 0.1) is 12.0 Å². The quantitative estimate of drug-likeness (QED) is 0.612. The Labute approximate surface area is 72.1 Å². The average Bonchev–Trinajstić information content (AvgIpc) is 1.83. The van der Waals surface area contributed by atoms with Crippen molar-refractivity contribution >= 4 is 5.97 Å². The molecule has 1 unspecified atom stereocenters. The van der Waals surface area contributed by atoms with Crippen LogP contribution >= 0.6 is 0 Å². The van der Waals surface area contributed by atoms with Crippen LogP contribution in [0.15, 0.2) is 0 Å². The Kier molecular flexibility index (Phi) is 2.70. The van der Waals surface area contributed by atoms with Crippen molar-refractivity contribution in [2.24, 2.45) is 5.41 Å². The number of alkyl halides is 1. The van der Waals surface area contributed by atoms with Crippen LogP contribution in [0.2, 0.25) is 0 Å². The van der Waals surface area contributed by atoms with Crippen LogP contribution in [0.25, 0.3) is 0 Å². The number of hydrogen-bond acceptors (Lipinski definition) is 2. The van der Waals surface area contributed by atoms with Crippen molar-refractivity contribution in [3.63, 3.8) is 0 Å². The average molecular weight is 174 g/mol. The summed E-state index contributed by atoms with van der Waals surface area (Å²) in [7, 11) is 0. The van der Waals surface area contributed by atoms with Crippen molar-refractivity contribution < 1.29 is 13.9 Å². The summed E-state index contributed by atoms with van der Waals surface area (Å²) in [4.78, 5) is 11.3. The lowest BCUT2D eigenvalue weighted by molar-refractivity contribution is -0.166. The van der Waals surface area contributed by atoms with Gasteiger partial charge in [-0.2, -0.15) is 0 Å². The summed E-state index contributed by atoms with van der Waals surface area (Å²) in [5.41, 5.74) is -0.796. The molecule has 0 aliphatic heterocycles. The predicted molar refractivity (Wildman–Crippen MR) is 43.5 cm³/mol. The minimum atomic E-state index is -1.08. The number of esters is 1. The van der Waals surface area contributed by atoms with Crippen molar-refractivity contribution in [2.75, 3.05) is 6.61 Å². The summed E-state index contributed by atoms with van der Waals surface area (Å²) >= 11 is 0. The standard InChI is InChI=1S/C9H15FO2/c1-3-12-8(11)9(7(2)10)5-4-6-9/h7H,3-6H2,1-2H3. The fourth-order valence-corrected chi connectivity index (χ4v) is 1.60. The van der Waals surface area contributed by atoms with Gasteiger partial charge in [0.1, 0.15) is 6.17 Å². The van der Waals surface area contributed by atoms with E-state index in [9.17, 15) is 9.18 Å². The molecule has 0 bridgehead atoms. The SMILES string of the molecule is CCOC(=O)C1(C(C)F)CCC1. The van der Waals surface area contributed by atoms with E-state index in [0.29, 0.717) is 19.4 Å². The van der Waals surface area contributed by atoms with Gasteiger partial charge in [0.2, 0.25) is 0 Å². The lowest BCUT2D eigenvalue weighted by Crippen LogP contribution is -2.45. The Morgan fingerprint density at radius 2 is 2.25 bits per heavy atom. The molecule has 0 amide bonds. The molecule has 0 heterocycles. The molecule has 1 fully saturated rings. The van der Waals surface area contributed by atoms with Crippen molar-refractivity contribution in [2.45, 2.75) is 39.3 Å². The van der Waals surface area contributed by atoms with Crippen molar-refractivity contribution in [3.8, 4) is 0 Å². The third-order valence-corrected chi connectivity index (χ3v) is 2.69. The molecule has 1 saturated carbocycles. The highest BCUT2D eigenvalue weighted by Crippen LogP contribution is 2.46. The fraction of sp³-hybridized carbons (Fsp3) is 0.889.